The molecule has 1 aromatic carbocycles. The van der Waals surface area contributed by atoms with Gasteiger partial charge in [0.2, 0.25) is 0 Å². The van der Waals surface area contributed by atoms with Crippen molar-refractivity contribution >= 4 is 39.2 Å². The number of aryl methyl sites for hydroxylation is 1. The van der Waals surface area contributed by atoms with Crippen molar-refractivity contribution in [2.24, 2.45) is 0 Å². The van der Waals surface area contributed by atoms with Gasteiger partial charge >= 0.3 is 0 Å². The van der Waals surface area contributed by atoms with Crippen LogP contribution in [0, 0.1) is 0 Å². The van der Waals surface area contributed by atoms with Crippen LogP contribution in [0.3, 0.4) is 0 Å². The molecule has 0 radical (unpaired) electrons. The topological polar surface area (TPSA) is 46.4 Å². The summed E-state index contributed by atoms with van der Waals surface area (Å²) in [5, 5.41) is 6.90. The molecule has 120 valence electrons. The summed E-state index contributed by atoms with van der Waals surface area (Å²) in [6.45, 7) is 2.08. The predicted molar refractivity (Wildman–Crippen MR) is 100 cm³/mol. The van der Waals surface area contributed by atoms with Gasteiger partial charge in [-0.15, -0.1) is 22.7 Å². The number of amides is 1. The van der Waals surface area contributed by atoms with Gasteiger partial charge in [-0.2, -0.15) is 0 Å². The largest absolute Gasteiger partial charge is 0.320 e. The van der Waals surface area contributed by atoms with Gasteiger partial charge in [-0.3, -0.25) is 9.20 Å². The normalized spacial score (nSPS) is 11.0. The first kappa shape index (κ1) is 15.1. The van der Waals surface area contributed by atoms with Gasteiger partial charge in [-0.25, -0.2) is 4.98 Å². The smallest absolute Gasteiger partial charge is 0.273 e. The maximum absolute atomic E-state index is 12.7. The Hall–Kier alpha value is -2.44. The number of thiophene rings is 1. The molecular formula is C18H15N3OS2. The Morgan fingerprint density at radius 3 is 2.88 bits per heavy atom. The van der Waals surface area contributed by atoms with Gasteiger partial charge in [-0.1, -0.05) is 31.2 Å². The molecule has 0 fully saturated rings. The summed E-state index contributed by atoms with van der Waals surface area (Å²) >= 11 is 3.12. The fraction of sp³-hybridized carbons (Fsp3) is 0.111. The first-order valence-corrected chi connectivity index (χ1v) is 9.42. The summed E-state index contributed by atoms with van der Waals surface area (Å²) < 4.78 is 1.86. The van der Waals surface area contributed by atoms with Crippen molar-refractivity contribution in [2.45, 2.75) is 13.3 Å². The fourth-order valence-corrected chi connectivity index (χ4v) is 4.16. The second kappa shape index (κ2) is 6.22. The highest BCUT2D eigenvalue weighted by Crippen LogP contribution is 2.27. The third-order valence-corrected chi connectivity index (χ3v) is 5.59. The summed E-state index contributed by atoms with van der Waals surface area (Å²) in [6, 6.07) is 11.9. The van der Waals surface area contributed by atoms with Crippen molar-refractivity contribution in [3.8, 4) is 10.6 Å². The molecule has 0 unspecified atom stereocenters. The number of carbonyl (C=O) groups is 1. The number of thiazole rings is 1. The van der Waals surface area contributed by atoms with Crippen molar-refractivity contribution in [3.05, 3.63) is 64.6 Å². The molecule has 3 heterocycles. The number of aromatic nitrogens is 2. The summed E-state index contributed by atoms with van der Waals surface area (Å²) in [7, 11) is 0. The number of hydrogen-bond donors (Lipinski definition) is 1. The molecule has 4 rings (SSSR count). The number of anilines is 1. The number of benzene rings is 1. The van der Waals surface area contributed by atoms with E-state index in [-0.39, 0.29) is 5.91 Å². The van der Waals surface area contributed by atoms with Crippen LogP contribution in [-0.4, -0.2) is 15.3 Å². The van der Waals surface area contributed by atoms with Gasteiger partial charge in [0.15, 0.2) is 4.96 Å². The van der Waals surface area contributed by atoms with Crippen molar-refractivity contribution < 1.29 is 4.79 Å². The maximum Gasteiger partial charge on any atom is 0.273 e. The van der Waals surface area contributed by atoms with Crippen LogP contribution in [-0.2, 0) is 6.42 Å². The summed E-state index contributed by atoms with van der Waals surface area (Å²) in [6.07, 6.45) is 2.81. The summed E-state index contributed by atoms with van der Waals surface area (Å²) in [4.78, 5) is 19.2. The molecule has 4 aromatic rings. The first-order chi connectivity index (χ1) is 11.8. The Bertz CT molecular complexity index is 999. The average Bonchev–Trinajstić information content (AvgIpc) is 3.31. The van der Waals surface area contributed by atoms with Crippen LogP contribution in [0.25, 0.3) is 15.5 Å². The molecule has 6 heteroatoms. The van der Waals surface area contributed by atoms with Crippen LogP contribution in [0.15, 0.2) is 53.4 Å². The van der Waals surface area contributed by atoms with Gasteiger partial charge in [0.05, 0.1) is 4.88 Å². The number of imidazole rings is 1. The van der Waals surface area contributed by atoms with Crippen LogP contribution in [0.1, 0.15) is 23.0 Å². The Kier molecular flexibility index (Phi) is 3.92. The number of nitrogens with one attached hydrogen (secondary N) is 1. The number of para-hydroxylation sites is 1. The van der Waals surface area contributed by atoms with Crippen molar-refractivity contribution in [1.29, 1.82) is 0 Å². The number of rotatable bonds is 4. The lowest BCUT2D eigenvalue weighted by Crippen LogP contribution is -2.15. The SMILES string of the molecule is CCc1ccccc1NC(=O)c1csc2nc(-c3cccs3)cn12. The molecule has 0 atom stereocenters. The fourth-order valence-electron chi connectivity index (χ4n) is 2.63. The number of carbonyl (C=O) groups excluding carboxylic acids is 1. The molecule has 4 nitrogen and oxygen atoms in total. The Morgan fingerprint density at radius 2 is 2.08 bits per heavy atom. The van der Waals surface area contributed by atoms with E-state index in [1.165, 1.54) is 11.3 Å². The van der Waals surface area contributed by atoms with Crippen LogP contribution < -0.4 is 5.32 Å². The molecule has 1 amide bonds. The predicted octanol–water partition coefficient (Wildman–Crippen LogP) is 4.94. The molecule has 0 saturated carbocycles. The van der Waals surface area contributed by atoms with E-state index in [2.05, 4.69) is 17.2 Å². The second-order valence-corrected chi connectivity index (χ2v) is 7.13. The molecule has 0 aliphatic rings. The van der Waals surface area contributed by atoms with Gasteiger partial charge < -0.3 is 5.32 Å². The van der Waals surface area contributed by atoms with E-state index in [1.807, 2.05) is 57.8 Å². The van der Waals surface area contributed by atoms with E-state index >= 15 is 0 Å². The first-order valence-electron chi connectivity index (χ1n) is 7.66. The Balaban J connectivity index is 1.67. The zero-order chi connectivity index (χ0) is 16.5. The summed E-state index contributed by atoms with van der Waals surface area (Å²) in [5.74, 6) is -0.114. The molecule has 0 bridgehead atoms. The van der Waals surface area contributed by atoms with Crippen molar-refractivity contribution in [1.82, 2.24) is 9.38 Å². The third kappa shape index (κ3) is 2.64. The van der Waals surface area contributed by atoms with E-state index in [0.717, 1.165) is 33.2 Å². The second-order valence-electron chi connectivity index (χ2n) is 5.34. The van der Waals surface area contributed by atoms with Gasteiger partial charge in [0.1, 0.15) is 11.4 Å². The number of hydrogen-bond acceptors (Lipinski definition) is 4. The molecule has 0 aliphatic heterocycles. The Morgan fingerprint density at radius 1 is 1.21 bits per heavy atom. The van der Waals surface area contributed by atoms with E-state index in [4.69, 9.17) is 0 Å². The standard InChI is InChI=1S/C18H15N3OS2/c1-2-12-6-3-4-7-13(12)19-17(22)15-11-24-18-20-14(10-21(15)18)16-8-5-9-23-16/h3-11H,2H2,1H3,(H,19,22). The quantitative estimate of drug-likeness (QED) is 0.565. The van der Waals surface area contributed by atoms with E-state index < -0.39 is 0 Å². The van der Waals surface area contributed by atoms with Crippen LogP contribution in [0.4, 0.5) is 5.69 Å². The highest BCUT2D eigenvalue weighted by molar-refractivity contribution is 7.15. The lowest BCUT2D eigenvalue weighted by molar-refractivity contribution is 0.102. The molecular weight excluding hydrogens is 338 g/mol. The minimum Gasteiger partial charge on any atom is -0.320 e. The highest BCUT2D eigenvalue weighted by atomic mass is 32.1. The minimum absolute atomic E-state index is 0.114. The van der Waals surface area contributed by atoms with Gasteiger partial charge in [0, 0.05) is 17.3 Å². The van der Waals surface area contributed by atoms with Crippen molar-refractivity contribution in [2.75, 3.05) is 5.32 Å². The monoisotopic (exact) mass is 353 g/mol. The number of nitrogens with zero attached hydrogens (tertiary/aromatic N) is 2. The van der Waals surface area contributed by atoms with Crippen LogP contribution >= 0.6 is 22.7 Å². The molecule has 1 N–H and O–H groups in total. The molecule has 0 aliphatic carbocycles. The van der Waals surface area contributed by atoms with Crippen molar-refractivity contribution in [3.63, 3.8) is 0 Å². The van der Waals surface area contributed by atoms with Gasteiger partial charge in [0.25, 0.3) is 5.91 Å². The molecule has 24 heavy (non-hydrogen) atoms. The minimum atomic E-state index is -0.114. The molecule has 0 spiro atoms. The summed E-state index contributed by atoms with van der Waals surface area (Å²) in [5.41, 5.74) is 3.50. The maximum atomic E-state index is 12.7. The molecule has 3 aromatic heterocycles. The number of fused-ring (bicyclic) bond motifs is 1. The van der Waals surface area contributed by atoms with Crippen LogP contribution in [0.2, 0.25) is 0 Å². The van der Waals surface area contributed by atoms with E-state index in [1.54, 1.807) is 11.3 Å². The zero-order valence-electron chi connectivity index (χ0n) is 13.0. The zero-order valence-corrected chi connectivity index (χ0v) is 14.7. The van der Waals surface area contributed by atoms with E-state index in [9.17, 15) is 4.79 Å². The van der Waals surface area contributed by atoms with Crippen LogP contribution in [0.5, 0.6) is 0 Å². The Labute approximate surface area is 147 Å². The average molecular weight is 353 g/mol. The third-order valence-electron chi connectivity index (χ3n) is 3.86. The van der Waals surface area contributed by atoms with E-state index in [0.29, 0.717) is 5.69 Å². The lowest BCUT2D eigenvalue weighted by atomic mass is 10.1. The lowest BCUT2D eigenvalue weighted by Gasteiger charge is -2.09. The van der Waals surface area contributed by atoms with Gasteiger partial charge in [-0.05, 0) is 29.5 Å². The molecule has 0 saturated heterocycles. The highest BCUT2D eigenvalue weighted by Gasteiger charge is 2.16.